The van der Waals surface area contributed by atoms with Gasteiger partial charge in [-0.05, 0) is 153 Å². The highest BCUT2D eigenvalue weighted by Gasteiger charge is 2.40. The fourth-order valence-electron chi connectivity index (χ4n) is 17.0. The van der Waals surface area contributed by atoms with Crippen molar-refractivity contribution in [1.29, 1.82) is 0 Å². The summed E-state index contributed by atoms with van der Waals surface area (Å²) in [4.78, 5) is 105. The van der Waals surface area contributed by atoms with Crippen molar-refractivity contribution in [3.63, 3.8) is 0 Å². The van der Waals surface area contributed by atoms with E-state index in [1.807, 2.05) is 97.2 Å². The predicted octanol–water partition coefficient (Wildman–Crippen LogP) is 14.7. The van der Waals surface area contributed by atoms with Gasteiger partial charge < -0.3 is 43.6 Å². The lowest BCUT2D eigenvalue weighted by Crippen LogP contribution is -2.58. The highest BCUT2D eigenvalue weighted by molar-refractivity contribution is 8.00. The summed E-state index contributed by atoms with van der Waals surface area (Å²) >= 11 is 10.7. The molecule has 21 nitrogen and oxygen atoms in total. The van der Waals surface area contributed by atoms with Gasteiger partial charge >= 0.3 is 17.1 Å². The highest BCUT2D eigenvalue weighted by Crippen LogP contribution is 2.51. The van der Waals surface area contributed by atoms with Crippen molar-refractivity contribution in [3.05, 3.63) is 193 Å². The number of benzene rings is 6. The van der Waals surface area contributed by atoms with Crippen LogP contribution < -0.4 is 31.8 Å². The number of thioether (sulfide) groups is 3. The molecule has 116 heavy (non-hydrogen) atoms. The molecular weight excluding hydrogens is 1580 g/mol. The van der Waals surface area contributed by atoms with Crippen molar-refractivity contribution >= 4 is 115 Å². The number of aromatic nitrogens is 6. The lowest BCUT2D eigenvalue weighted by Gasteiger charge is -2.45. The molecule has 6 aliphatic heterocycles. The van der Waals surface area contributed by atoms with E-state index in [0.29, 0.717) is 170 Å². The smallest absolute Gasteiger partial charge is 0.350 e. The van der Waals surface area contributed by atoms with Crippen LogP contribution in [0.3, 0.4) is 0 Å². The Morgan fingerprint density at radius 2 is 0.784 bits per heavy atom. The molecule has 0 aliphatic carbocycles. The molecule has 0 radical (unpaired) electrons. The van der Waals surface area contributed by atoms with E-state index in [0.717, 1.165) is 60.8 Å². The number of piperazine rings is 3. The molecule has 15 rings (SSSR count). The third-order valence-electron chi connectivity index (χ3n) is 22.0. The summed E-state index contributed by atoms with van der Waals surface area (Å²) in [6.07, 6.45) is 3.94. The number of carbonyl (C=O) groups is 3. The van der Waals surface area contributed by atoms with Crippen LogP contribution >= 0.6 is 46.9 Å². The van der Waals surface area contributed by atoms with Gasteiger partial charge in [0.15, 0.2) is 0 Å². The van der Waals surface area contributed by atoms with Crippen LogP contribution in [-0.2, 0) is 28.6 Å². The van der Waals surface area contributed by atoms with Crippen LogP contribution in [0.4, 0.5) is 43.8 Å². The van der Waals surface area contributed by atoms with Crippen LogP contribution in [0.15, 0.2) is 134 Å². The van der Waals surface area contributed by atoms with Gasteiger partial charge in [-0.2, -0.15) is 15.0 Å². The molecule has 3 aromatic heterocycles. The number of carbonyl (C=O) groups excluding carboxylic acids is 3. The lowest BCUT2D eigenvalue weighted by molar-refractivity contribution is -0.131. The Morgan fingerprint density at radius 3 is 1.11 bits per heavy atom. The molecular formula is C85H91ClF6N12O9S3. The molecule has 3 unspecified atom stereocenters. The van der Waals surface area contributed by atoms with E-state index < -0.39 is 52.0 Å². The summed E-state index contributed by atoms with van der Waals surface area (Å²) in [6, 6.07) is 13.7. The Labute approximate surface area is 685 Å². The molecule has 0 bridgehead atoms. The van der Waals surface area contributed by atoms with Gasteiger partial charge in [-0.3, -0.25) is 28.1 Å². The molecule has 3 amide bonds. The molecule has 7 atom stereocenters. The molecule has 9 aromatic rings. The molecule has 9 heterocycles. The van der Waals surface area contributed by atoms with Crippen LogP contribution in [-0.4, -0.2) is 194 Å². The van der Waals surface area contributed by atoms with E-state index in [-0.39, 0.29) is 76.2 Å². The second-order valence-electron chi connectivity index (χ2n) is 29.6. The molecule has 6 aromatic carbocycles. The molecule has 3 saturated heterocycles. The maximum atomic E-state index is 15.2. The number of hydrogen-bond donors (Lipinski definition) is 0. The fraction of sp³-hybridized carbons (Fsp3) is 0.400. The first-order chi connectivity index (χ1) is 55.6. The van der Waals surface area contributed by atoms with E-state index in [9.17, 15) is 46.3 Å². The van der Waals surface area contributed by atoms with Crippen LogP contribution in [0, 0.1) is 55.7 Å². The summed E-state index contributed by atoms with van der Waals surface area (Å²) in [5.41, 5.74) is 5.75. The van der Waals surface area contributed by atoms with Gasteiger partial charge in [0.25, 0.3) is 0 Å². The van der Waals surface area contributed by atoms with Crippen molar-refractivity contribution in [2.75, 3.05) is 124 Å². The van der Waals surface area contributed by atoms with Crippen molar-refractivity contribution in [2.24, 2.45) is 0 Å². The van der Waals surface area contributed by atoms with Crippen molar-refractivity contribution < 1.29 is 54.9 Å². The third kappa shape index (κ3) is 16.1. The van der Waals surface area contributed by atoms with Crippen LogP contribution in [0.5, 0.6) is 0 Å². The Kier molecular flexibility index (Phi) is 25.8. The van der Waals surface area contributed by atoms with Gasteiger partial charge in [-0.15, -0.1) is 35.3 Å². The molecule has 612 valence electrons. The number of anilines is 3. The number of amides is 3. The molecule has 6 aliphatic rings. The number of aryl methyl sites for hydroxylation is 3. The Bertz CT molecular complexity index is 5610. The standard InChI is InChI=1S/C29H31ClF2N4O3S.C29H32F2N4O3S.C27H28F2N4O3S/c1-6-24(37)35-16(4)11-34(12-17(35)5)28-20-8-15(3)25(19-9-21(30)23(32)10-22(19)31)27-26(20)36(29(38)33-28)18(14-40-27)13-39-7-2;1-6-24(36)34-17(4)12-33(13-18(34)5)28-22-10-16(3)25(21-9-8-19(30)11-23(21)31)27-26(22)35(29(37)32-28)20(15-39-27)14-38-7-2;1-4-22(34)31-8-10-32(11-9-31)26-20-12-16(3)23(19-7-6-17(28)13-21(19)29)25-24(20)33(27(35)30-26)18(15-37-25)14-36-5-2/h6,8-10,16-18H,1,7,11-14H2,2-5H3;6,8-11,17-18,20H,1,7,12-15H2,2-5H3;4,6-7,12-13,18H,1,5,8-11,14-15H2,2-3H3/t16-,17+,18?;17-,18+,20?;. The lowest BCUT2D eigenvalue weighted by atomic mass is 9.96. The van der Waals surface area contributed by atoms with Crippen molar-refractivity contribution in [3.8, 4) is 33.4 Å². The second kappa shape index (κ2) is 35.4. The zero-order chi connectivity index (χ0) is 83.2. The van der Waals surface area contributed by atoms with Gasteiger partial charge in [0.2, 0.25) is 17.7 Å². The minimum absolute atomic E-state index is 0.124. The van der Waals surface area contributed by atoms with E-state index in [1.54, 1.807) is 51.9 Å². The monoisotopic (exact) mass is 1670 g/mol. The van der Waals surface area contributed by atoms with Gasteiger partial charge in [-0.25, -0.2) is 40.7 Å². The zero-order valence-electron chi connectivity index (χ0n) is 66.2. The molecule has 3 fully saturated rings. The van der Waals surface area contributed by atoms with E-state index >= 15 is 8.78 Å². The van der Waals surface area contributed by atoms with Gasteiger partial charge in [-0.1, -0.05) is 31.3 Å². The molecule has 0 spiro atoms. The summed E-state index contributed by atoms with van der Waals surface area (Å²) in [5.74, 6) is -1.30. The minimum Gasteiger partial charge on any atom is -0.380 e. The fourth-order valence-corrected chi connectivity index (χ4v) is 21.2. The summed E-state index contributed by atoms with van der Waals surface area (Å²) in [7, 11) is 0. The Balaban J connectivity index is 0.000000151. The number of rotatable bonds is 18. The number of hydrogen-bond acceptors (Lipinski definition) is 18. The first-order valence-electron chi connectivity index (χ1n) is 38.6. The van der Waals surface area contributed by atoms with Crippen LogP contribution in [0.2, 0.25) is 5.02 Å². The number of halogens is 7. The quantitative estimate of drug-likeness (QED) is 0.0445. The van der Waals surface area contributed by atoms with Crippen molar-refractivity contribution in [2.45, 2.75) is 126 Å². The van der Waals surface area contributed by atoms with E-state index in [2.05, 4.69) is 39.6 Å². The maximum absolute atomic E-state index is 15.2. The van der Waals surface area contributed by atoms with Gasteiger partial charge in [0.1, 0.15) is 52.4 Å². The summed E-state index contributed by atoms with van der Waals surface area (Å²) in [5, 5.41) is 2.14. The normalized spacial score (nSPS) is 19.7. The molecule has 0 saturated carbocycles. The topological polar surface area (TPSA) is 203 Å². The van der Waals surface area contributed by atoms with Gasteiger partial charge in [0.05, 0.1) is 59.5 Å². The predicted molar refractivity (Wildman–Crippen MR) is 447 cm³/mol. The van der Waals surface area contributed by atoms with E-state index in [1.165, 1.54) is 60.3 Å². The maximum Gasteiger partial charge on any atom is 0.350 e. The second-order valence-corrected chi connectivity index (χ2v) is 33.1. The first kappa shape index (κ1) is 84.5. The van der Waals surface area contributed by atoms with Crippen LogP contribution in [0.1, 0.15) is 83.3 Å². The Morgan fingerprint density at radius 1 is 0.457 bits per heavy atom. The average Bonchev–Trinajstić information content (AvgIpc) is 0.721. The molecule has 0 N–H and O–H groups in total. The molecule has 31 heteroatoms. The van der Waals surface area contributed by atoms with E-state index in [4.69, 9.17) is 25.8 Å². The first-order valence-corrected chi connectivity index (χ1v) is 41.9. The third-order valence-corrected chi connectivity index (χ3v) is 26.0. The SMILES string of the molecule is C=CC(=O)N1CCN(c2nc(=O)n3c4c(c(-c5ccc(F)cc5F)c(C)cc24)SCC3COCC)CC1.C=CC(=O)N1[C@H](C)CN(c2nc(=O)n3c4c(c(-c5cc(Cl)c(F)cc5F)c(C)cc24)SCC3COCC)C[C@@H]1C.C=CC(=O)N1[C@H](C)CN(c2nc(=O)n3c4c(c(-c5ccc(F)cc5F)c(C)cc24)SCC3COCC)C[C@@H]1C. The number of ether oxygens (including phenoxy) is 3. The highest BCUT2D eigenvalue weighted by atomic mass is 35.5. The van der Waals surface area contributed by atoms with Gasteiger partial charge in [0, 0.05) is 196 Å². The number of nitrogens with zero attached hydrogens (tertiary/aromatic N) is 12. The van der Waals surface area contributed by atoms with Crippen molar-refractivity contribution in [1.82, 2.24) is 43.4 Å². The van der Waals surface area contributed by atoms with Crippen LogP contribution in [0.25, 0.3) is 66.1 Å². The summed E-state index contributed by atoms with van der Waals surface area (Å²) < 4.78 is 109. The average molecular weight is 1670 g/mol. The largest absolute Gasteiger partial charge is 0.380 e. The zero-order valence-corrected chi connectivity index (χ0v) is 69.4. The summed E-state index contributed by atoms with van der Waals surface area (Å²) in [6.45, 7) is 36.5. The minimum atomic E-state index is -0.833. The Hall–Kier alpha value is -9.43.